The second kappa shape index (κ2) is 4.21. The van der Waals surface area contributed by atoms with Crippen LogP contribution in [0.5, 0.6) is 0 Å². The zero-order valence-corrected chi connectivity index (χ0v) is 11.3. The van der Waals surface area contributed by atoms with Gasteiger partial charge in [0.2, 0.25) is 0 Å². The lowest BCUT2D eigenvalue weighted by atomic mass is 10.00. The molecule has 19 heavy (non-hydrogen) atoms. The molecular weight excluding hydrogens is 264 g/mol. The van der Waals surface area contributed by atoms with Crippen molar-refractivity contribution in [1.82, 2.24) is 15.3 Å². The van der Waals surface area contributed by atoms with Crippen LogP contribution in [-0.4, -0.2) is 22.4 Å². The van der Waals surface area contributed by atoms with Gasteiger partial charge in [-0.05, 0) is 38.4 Å². The first-order chi connectivity index (χ1) is 8.99. The predicted octanol–water partition coefficient (Wildman–Crippen LogP) is 1.91. The maximum Gasteiger partial charge on any atom is 0.251 e. The van der Waals surface area contributed by atoms with Gasteiger partial charge in [-0.1, -0.05) is 11.6 Å². The van der Waals surface area contributed by atoms with Crippen LogP contribution >= 0.6 is 11.6 Å². The summed E-state index contributed by atoms with van der Waals surface area (Å²) in [5, 5.41) is 3.90. The Morgan fingerprint density at radius 2 is 2.32 bits per heavy atom. The highest BCUT2D eigenvalue weighted by Gasteiger charge is 2.33. The van der Waals surface area contributed by atoms with Gasteiger partial charge >= 0.3 is 0 Å². The minimum atomic E-state index is -0.518. The number of primary amides is 1. The van der Waals surface area contributed by atoms with Crippen LogP contribution in [0.25, 0.3) is 11.0 Å². The van der Waals surface area contributed by atoms with E-state index in [1.54, 1.807) is 12.1 Å². The van der Waals surface area contributed by atoms with Crippen molar-refractivity contribution in [3.05, 3.63) is 28.5 Å². The summed E-state index contributed by atoms with van der Waals surface area (Å²) in [6.45, 7) is 3.07. The minimum Gasteiger partial charge on any atom is -0.366 e. The number of fused-ring (bicyclic) bond motifs is 1. The smallest absolute Gasteiger partial charge is 0.251 e. The summed E-state index contributed by atoms with van der Waals surface area (Å²) in [7, 11) is 0. The molecule has 1 amide bonds. The zero-order valence-electron chi connectivity index (χ0n) is 10.6. The standard InChI is InChI=1S/C13H15ClN4O/c1-13(3-2-4-16-13)12-17-9-6-7(14)5-8(11(15)19)10(9)18-12/h5-6,16H,2-4H2,1H3,(H2,15,19)(H,17,18)/t13-/m0/s1. The first-order valence-corrected chi connectivity index (χ1v) is 6.62. The molecule has 1 aromatic heterocycles. The fourth-order valence-corrected chi connectivity index (χ4v) is 2.85. The molecule has 5 nitrogen and oxygen atoms in total. The number of amides is 1. The van der Waals surface area contributed by atoms with E-state index < -0.39 is 5.91 Å². The summed E-state index contributed by atoms with van der Waals surface area (Å²) in [6.07, 6.45) is 2.11. The Bertz CT molecular complexity index is 658. The number of benzene rings is 1. The van der Waals surface area contributed by atoms with Gasteiger partial charge in [0, 0.05) is 5.02 Å². The molecule has 4 N–H and O–H groups in total. The normalized spacial score (nSPS) is 23.1. The Morgan fingerprint density at radius 3 is 2.95 bits per heavy atom. The Morgan fingerprint density at radius 1 is 1.53 bits per heavy atom. The number of hydrogen-bond acceptors (Lipinski definition) is 3. The van der Waals surface area contributed by atoms with Gasteiger partial charge in [-0.25, -0.2) is 4.98 Å². The largest absolute Gasteiger partial charge is 0.366 e. The van der Waals surface area contributed by atoms with Gasteiger partial charge in [0.15, 0.2) is 0 Å². The van der Waals surface area contributed by atoms with Crippen molar-refractivity contribution >= 4 is 28.5 Å². The average Bonchev–Trinajstić information content (AvgIpc) is 2.94. The lowest BCUT2D eigenvalue weighted by Crippen LogP contribution is -2.34. The molecule has 100 valence electrons. The van der Waals surface area contributed by atoms with Crippen molar-refractivity contribution in [2.45, 2.75) is 25.3 Å². The summed E-state index contributed by atoms with van der Waals surface area (Å²) in [5.41, 5.74) is 6.88. The van der Waals surface area contributed by atoms with Crippen molar-refractivity contribution in [2.24, 2.45) is 5.73 Å². The minimum absolute atomic E-state index is 0.180. The molecule has 1 aliphatic heterocycles. The summed E-state index contributed by atoms with van der Waals surface area (Å²) in [5.74, 6) is 0.305. The van der Waals surface area contributed by atoms with Crippen molar-refractivity contribution in [3.8, 4) is 0 Å². The number of nitrogens with zero attached hydrogens (tertiary/aromatic N) is 1. The molecule has 0 bridgehead atoms. The Balaban J connectivity index is 2.20. The molecular formula is C13H15ClN4O. The van der Waals surface area contributed by atoms with Gasteiger partial charge in [0.05, 0.1) is 16.6 Å². The molecule has 3 rings (SSSR count). The highest BCUT2D eigenvalue weighted by molar-refractivity contribution is 6.32. The maximum atomic E-state index is 11.5. The molecule has 1 fully saturated rings. The van der Waals surface area contributed by atoms with E-state index in [0.29, 0.717) is 16.1 Å². The number of rotatable bonds is 2. The topological polar surface area (TPSA) is 83.8 Å². The van der Waals surface area contributed by atoms with Gasteiger partial charge < -0.3 is 16.0 Å². The third-order valence-electron chi connectivity index (χ3n) is 3.71. The average molecular weight is 279 g/mol. The van der Waals surface area contributed by atoms with E-state index in [9.17, 15) is 4.79 Å². The highest BCUT2D eigenvalue weighted by atomic mass is 35.5. The summed E-state index contributed by atoms with van der Waals surface area (Å²) in [4.78, 5) is 19.3. The molecule has 0 unspecified atom stereocenters. The lowest BCUT2D eigenvalue weighted by molar-refractivity contribution is 0.100. The fourth-order valence-electron chi connectivity index (χ4n) is 2.63. The van der Waals surface area contributed by atoms with E-state index in [1.165, 1.54) is 0 Å². The SMILES string of the molecule is C[C@@]1(c2nc3c(C(N)=O)cc(Cl)cc3[nH]2)CCCN1. The quantitative estimate of drug-likeness (QED) is 0.785. The molecule has 0 aliphatic carbocycles. The zero-order chi connectivity index (χ0) is 13.6. The van der Waals surface area contributed by atoms with Crippen LogP contribution in [0.3, 0.4) is 0 Å². The molecule has 6 heteroatoms. The third-order valence-corrected chi connectivity index (χ3v) is 3.93. The predicted molar refractivity (Wildman–Crippen MR) is 74.2 cm³/mol. The van der Waals surface area contributed by atoms with Crippen LogP contribution in [0, 0.1) is 0 Å². The lowest BCUT2D eigenvalue weighted by Gasteiger charge is -2.21. The van der Waals surface area contributed by atoms with Crippen LogP contribution in [0.2, 0.25) is 5.02 Å². The van der Waals surface area contributed by atoms with Crippen molar-refractivity contribution < 1.29 is 4.79 Å². The number of nitrogens with two attached hydrogens (primary N) is 1. The van der Waals surface area contributed by atoms with Crippen molar-refractivity contribution in [1.29, 1.82) is 0 Å². The molecule has 1 atom stereocenters. The third kappa shape index (κ3) is 1.99. The molecule has 1 aromatic carbocycles. The number of imidazole rings is 1. The molecule has 0 saturated carbocycles. The number of carbonyl (C=O) groups is 1. The van der Waals surface area contributed by atoms with Gasteiger partial charge in [0.1, 0.15) is 11.3 Å². The Kier molecular flexibility index (Phi) is 2.76. The van der Waals surface area contributed by atoms with Gasteiger partial charge in [-0.3, -0.25) is 4.79 Å². The van der Waals surface area contributed by atoms with Crippen LogP contribution < -0.4 is 11.1 Å². The number of H-pyrrole nitrogens is 1. The number of halogens is 1. The summed E-state index contributed by atoms with van der Waals surface area (Å²) < 4.78 is 0. The maximum absolute atomic E-state index is 11.5. The van der Waals surface area contributed by atoms with Gasteiger partial charge in [0.25, 0.3) is 5.91 Å². The number of aromatic nitrogens is 2. The number of aromatic amines is 1. The molecule has 0 spiro atoms. The van der Waals surface area contributed by atoms with Crippen LogP contribution in [0.15, 0.2) is 12.1 Å². The van der Waals surface area contributed by atoms with E-state index in [-0.39, 0.29) is 5.54 Å². The Labute approximate surface area is 115 Å². The van der Waals surface area contributed by atoms with Crippen LogP contribution in [0.4, 0.5) is 0 Å². The molecule has 2 heterocycles. The highest BCUT2D eigenvalue weighted by Crippen LogP contribution is 2.31. The van der Waals surface area contributed by atoms with Gasteiger partial charge in [-0.2, -0.15) is 0 Å². The number of carbonyl (C=O) groups excluding carboxylic acids is 1. The summed E-state index contributed by atoms with van der Waals surface area (Å²) >= 11 is 6.00. The van der Waals surface area contributed by atoms with E-state index in [1.807, 2.05) is 0 Å². The van der Waals surface area contributed by atoms with Gasteiger partial charge in [-0.15, -0.1) is 0 Å². The van der Waals surface area contributed by atoms with E-state index in [4.69, 9.17) is 17.3 Å². The second-order valence-electron chi connectivity index (χ2n) is 5.16. The monoisotopic (exact) mass is 278 g/mol. The first-order valence-electron chi connectivity index (χ1n) is 6.24. The molecule has 2 aromatic rings. The summed E-state index contributed by atoms with van der Waals surface area (Å²) in [6, 6.07) is 3.32. The van der Waals surface area contributed by atoms with Crippen LogP contribution in [-0.2, 0) is 5.54 Å². The number of hydrogen-bond donors (Lipinski definition) is 3. The van der Waals surface area contributed by atoms with E-state index >= 15 is 0 Å². The van der Waals surface area contributed by atoms with E-state index in [0.717, 1.165) is 30.7 Å². The second-order valence-corrected chi connectivity index (χ2v) is 5.60. The first kappa shape index (κ1) is 12.4. The van der Waals surface area contributed by atoms with Crippen molar-refractivity contribution in [3.63, 3.8) is 0 Å². The van der Waals surface area contributed by atoms with E-state index in [2.05, 4.69) is 22.2 Å². The molecule has 1 aliphatic rings. The van der Waals surface area contributed by atoms with Crippen molar-refractivity contribution in [2.75, 3.05) is 6.54 Å². The molecule has 0 radical (unpaired) electrons. The number of nitrogens with one attached hydrogen (secondary N) is 2. The fraction of sp³-hybridized carbons (Fsp3) is 0.385. The van der Waals surface area contributed by atoms with Crippen LogP contribution in [0.1, 0.15) is 35.9 Å². The Hall–Kier alpha value is -1.59. The molecule has 1 saturated heterocycles.